The van der Waals surface area contributed by atoms with Crippen LogP contribution in [0.5, 0.6) is 0 Å². The van der Waals surface area contributed by atoms with E-state index in [1.165, 1.54) is 22.3 Å². The van der Waals surface area contributed by atoms with E-state index in [9.17, 15) is 0 Å². The summed E-state index contributed by atoms with van der Waals surface area (Å²) >= 11 is 0. The molecule has 0 aliphatic heterocycles. The van der Waals surface area contributed by atoms with Gasteiger partial charge in [-0.1, -0.05) is 75.0 Å². The minimum Gasteiger partial charge on any atom is -0.0911 e. The third-order valence-corrected chi connectivity index (χ3v) is 2.97. The summed E-state index contributed by atoms with van der Waals surface area (Å²) in [5.41, 5.74) is 6.18. The second-order valence-corrected chi connectivity index (χ2v) is 3.99. The largest absolute Gasteiger partial charge is 0.0911 e. The van der Waals surface area contributed by atoms with E-state index in [2.05, 4.69) is 61.2 Å². The minimum atomic E-state index is 1.11. The summed E-state index contributed by atoms with van der Waals surface area (Å²) in [5, 5.41) is 0. The molecule has 3 rings (SSSR count). The van der Waals surface area contributed by atoms with Crippen LogP contribution in [0, 0.1) is 0 Å². The first-order valence-corrected chi connectivity index (χ1v) is 6.42. The fraction of sp³-hybridized carbons (Fsp3) is 0.111. The molecular weight excluding hydrogens is 216 g/mol. The summed E-state index contributed by atoms with van der Waals surface area (Å²) in [6.45, 7) is 8.09. The molecule has 1 aliphatic rings. The molecule has 90 valence electrons. The maximum atomic E-state index is 4.09. The van der Waals surface area contributed by atoms with Crippen LogP contribution >= 0.6 is 0 Å². The Bertz CT molecular complexity index is 574. The molecule has 0 aromatic heterocycles. The highest BCUT2D eigenvalue weighted by Gasteiger charge is 2.16. The van der Waals surface area contributed by atoms with Crippen LogP contribution in [-0.4, -0.2) is 0 Å². The first-order chi connectivity index (χ1) is 8.86. The Morgan fingerprint density at radius 3 is 1.94 bits per heavy atom. The number of fused-ring (bicyclic) bond motifs is 1. The predicted octanol–water partition coefficient (Wildman–Crippen LogP) is 5.17. The summed E-state index contributed by atoms with van der Waals surface area (Å²) in [5.74, 6) is 0. The van der Waals surface area contributed by atoms with E-state index < -0.39 is 0 Å². The van der Waals surface area contributed by atoms with Crippen LogP contribution in [0.2, 0.25) is 0 Å². The molecule has 0 N–H and O–H groups in total. The van der Waals surface area contributed by atoms with E-state index in [0.717, 1.165) is 5.57 Å². The molecule has 0 amide bonds. The standard InChI is InChI=1S/C16H12.C2H6/c1-12-11-16(13-7-3-2-4-8-13)15-10-6-5-9-14(12)15;1-2/h2-11H,1H2;1-2H3. The van der Waals surface area contributed by atoms with Gasteiger partial charge in [-0.2, -0.15) is 0 Å². The zero-order valence-electron chi connectivity index (χ0n) is 11.0. The van der Waals surface area contributed by atoms with Crippen LogP contribution in [0.25, 0.3) is 11.1 Å². The monoisotopic (exact) mass is 234 g/mol. The molecule has 1 aliphatic carbocycles. The van der Waals surface area contributed by atoms with E-state index >= 15 is 0 Å². The molecule has 18 heavy (non-hydrogen) atoms. The predicted molar refractivity (Wildman–Crippen MR) is 80.3 cm³/mol. The van der Waals surface area contributed by atoms with Gasteiger partial charge in [0.2, 0.25) is 0 Å². The van der Waals surface area contributed by atoms with E-state index in [0.29, 0.717) is 0 Å². The molecule has 0 heterocycles. The molecule has 0 saturated heterocycles. The Hall–Kier alpha value is -2.08. The van der Waals surface area contributed by atoms with E-state index in [1.54, 1.807) is 0 Å². The van der Waals surface area contributed by atoms with Crippen LogP contribution in [0.1, 0.15) is 30.5 Å². The van der Waals surface area contributed by atoms with Crippen molar-refractivity contribution in [1.82, 2.24) is 0 Å². The molecule has 2 aromatic rings. The van der Waals surface area contributed by atoms with Crippen molar-refractivity contribution in [1.29, 1.82) is 0 Å². The SMILES string of the molecule is C=C1C=C(c2ccccc2)c2ccccc21.CC. The second kappa shape index (κ2) is 5.50. The molecule has 0 fully saturated rings. The number of hydrogen-bond donors (Lipinski definition) is 0. The van der Waals surface area contributed by atoms with Gasteiger partial charge in [-0.25, -0.2) is 0 Å². The highest BCUT2D eigenvalue weighted by atomic mass is 14.2. The Labute approximate surface area is 109 Å². The van der Waals surface area contributed by atoms with Crippen molar-refractivity contribution in [2.75, 3.05) is 0 Å². The molecular formula is C18H18. The first-order valence-electron chi connectivity index (χ1n) is 6.42. The van der Waals surface area contributed by atoms with Gasteiger partial charge in [0.05, 0.1) is 0 Å². The van der Waals surface area contributed by atoms with Crippen LogP contribution in [0.3, 0.4) is 0 Å². The number of allylic oxidation sites excluding steroid dienone is 2. The molecule has 0 atom stereocenters. The molecule has 0 heteroatoms. The Kier molecular flexibility index (Phi) is 3.78. The molecule has 0 nitrogen and oxygen atoms in total. The third-order valence-electron chi connectivity index (χ3n) is 2.97. The van der Waals surface area contributed by atoms with E-state index in [1.807, 2.05) is 19.9 Å². The van der Waals surface area contributed by atoms with Crippen molar-refractivity contribution in [3.63, 3.8) is 0 Å². The minimum absolute atomic E-state index is 1.11. The second-order valence-electron chi connectivity index (χ2n) is 3.99. The van der Waals surface area contributed by atoms with Crippen LogP contribution in [-0.2, 0) is 0 Å². The normalized spacial score (nSPS) is 12.3. The third kappa shape index (κ3) is 2.14. The lowest BCUT2D eigenvalue weighted by molar-refractivity contribution is 1.50. The lowest BCUT2D eigenvalue weighted by Gasteiger charge is -2.04. The highest BCUT2D eigenvalue weighted by molar-refractivity contribution is 6.00. The van der Waals surface area contributed by atoms with Crippen LogP contribution < -0.4 is 0 Å². The Morgan fingerprint density at radius 2 is 1.28 bits per heavy atom. The first kappa shape index (κ1) is 12.4. The number of hydrogen-bond acceptors (Lipinski definition) is 0. The fourth-order valence-electron chi connectivity index (χ4n) is 2.18. The van der Waals surface area contributed by atoms with Gasteiger partial charge in [-0.05, 0) is 33.9 Å². The van der Waals surface area contributed by atoms with Gasteiger partial charge in [0.15, 0.2) is 0 Å². The maximum absolute atomic E-state index is 4.09. The summed E-state index contributed by atoms with van der Waals surface area (Å²) in [7, 11) is 0. The average molecular weight is 234 g/mol. The molecule has 0 radical (unpaired) electrons. The molecule has 0 saturated carbocycles. The maximum Gasteiger partial charge on any atom is -0.00992 e. The number of rotatable bonds is 1. The summed E-state index contributed by atoms with van der Waals surface area (Å²) in [6.07, 6.45) is 2.17. The Morgan fingerprint density at radius 1 is 0.722 bits per heavy atom. The van der Waals surface area contributed by atoms with Gasteiger partial charge in [0.1, 0.15) is 0 Å². The van der Waals surface area contributed by atoms with Gasteiger partial charge >= 0.3 is 0 Å². The number of benzene rings is 2. The zero-order valence-corrected chi connectivity index (χ0v) is 11.0. The van der Waals surface area contributed by atoms with Crippen molar-refractivity contribution < 1.29 is 0 Å². The lowest BCUT2D eigenvalue weighted by atomic mass is 9.99. The quantitative estimate of drug-likeness (QED) is 0.638. The fourth-order valence-corrected chi connectivity index (χ4v) is 2.18. The molecule has 0 spiro atoms. The summed E-state index contributed by atoms with van der Waals surface area (Å²) in [4.78, 5) is 0. The van der Waals surface area contributed by atoms with Crippen molar-refractivity contribution in [2.24, 2.45) is 0 Å². The Balaban J connectivity index is 0.000000574. The van der Waals surface area contributed by atoms with Gasteiger partial charge in [-0.15, -0.1) is 0 Å². The van der Waals surface area contributed by atoms with Gasteiger partial charge in [-0.3, -0.25) is 0 Å². The van der Waals surface area contributed by atoms with Crippen molar-refractivity contribution >= 4 is 11.1 Å². The van der Waals surface area contributed by atoms with Crippen LogP contribution in [0.15, 0.2) is 67.3 Å². The highest BCUT2D eigenvalue weighted by Crippen LogP contribution is 2.37. The van der Waals surface area contributed by atoms with Gasteiger partial charge in [0, 0.05) is 0 Å². The van der Waals surface area contributed by atoms with Crippen molar-refractivity contribution in [3.05, 3.63) is 83.9 Å². The average Bonchev–Trinajstić information content (AvgIpc) is 2.80. The van der Waals surface area contributed by atoms with Gasteiger partial charge < -0.3 is 0 Å². The lowest BCUT2D eigenvalue weighted by Crippen LogP contribution is -1.85. The smallest absolute Gasteiger partial charge is 0.00992 e. The van der Waals surface area contributed by atoms with E-state index in [-0.39, 0.29) is 0 Å². The van der Waals surface area contributed by atoms with Crippen LogP contribution in [0.4, 0.5) is 0 Å². The molecule has 0 unspecified atom stereocenters. The van der Waals surface area contributed by atoms with Crippen molar-refractivity contribution in [2.45, 2.75) is 13.8 Å². The van der Waals surface area contributed by atoms with Crippen molar-refractivity contribution in [3.8, 4) is 0 Å². The molecule has 2 aromatic carbocycles. The zero-order chi connectivity index (χ0) is 13.0. The molecule has 0 bridgehead atoms. The summed E-state index contributed by atoms with van der Waals surface area (Å²) in [6, 6.07) is 18.9. The van der Waals surface area contributed by atoms with Gasteiger partial charge in [0.25, 0.3) is 0 Å². The van der Waals surface area contributed by atoms with E-state index in [4.69, 9.17) is 0 Å². The topological polar surface area (TPSA) is 0 Å². The summed E-state index contributed by atoms with van der Waals surface area (Å²) < 4.78 is 0.